The number of aromatic hydroxyl groups is 1. The Balaban J connectivity index is 1.84. The van der Waals surface area contributed by atoms with Gasteiger partial charge in [0, 0.05) is 22.2 Å². The third-order valence-corrected chi connectivity index (χ3v) is 3.79. The lowest BCUT2D eigenvalue weighted by molar-refractivity contribution is 0.476. The standard InChI is InChI=1S/C12H13NOS/c14-10-4-1-8-5-11(15-12(8)6-10)7-13-9-2-3-9/h1,4-6,9,13-14H,2-3,7H2. The summed E-state index contributed by atoms with van der Waals surface area (Å²) in [7, 11) is 0. The van der Waals surface area contributed by atoms with Gasteiger partial charge in [-0.3, -0.25) is 0 Å². The molecule has 15 heavy (non-hydrogen) atoms. The highest BCUT2D eigenvalue weighted by Gasteiger charge is 2.20. The minimum Gasteiger partial charge on any atom is -0.508 e. The molecule has 2 aromatic rings. The Hall–Kier alpha value is -1.06. The van der Waals surface area contributed by atoms with Crippen LogP contribution in [0.25, 0.3) is 10.1 Å². The zero-order valence-corrected chi connectivity index (χ0v) is 9.18. The summed E-state index contributed by atoms with van der Waals surface area (Å²) in [5.74, 6) is 0.353. The molecule has 1 saturated carbocycles. The molecule has 0 saturated heterocycles. The van der Waals surface area contributed by atoms with Crippen LogP contribution in [0, 0.1) is 0 Å². The van der Waals surface area contributed by atoms with Gasteiger partial charge in [0.05, 0.1) is 0 Å². The van der Waals surface area contributed by atoms with Crippen LogP contribution in [0.15, 0.2) is 24.3 Å². The van der Waals surface area contributed by atoms with Crippen LogP contribution in [0.1, 0.15) is 17.7 Å². The lowest BCUT2D eigenvalue weighted by Gasteiger charge is -1.97. The van der Waals surface area contributed by atoms with E-state index in [2.05, 4.69) is 11.4 Å². The highest BCUT2D eigenvalue weighted by molar-refractivity contribution is 7.19. The Bertz CT molecular complexity index is 487. The third kappa shape index (κ3) is 1.98. The second-order valence-corrected chi connectivity index (χ2v) is 5.26. The molecule has 0 bridgehead atoms. The molecular weight excluding hydrogens is 206 g/mol. The average Bonchev–Trinajstić information content (AvgIpc) is 2.95. The van der Waals surface area contributed by atoms with Crippen LogP contribution in [-0.4, -0.2) is 11.1 Å². The summed E-state index contributed by atoms with van der Waals surface area (Å²) in [6, 6.07) is 8.51. The largest absolute Gasteiger partial charge is 0.508 e. The van der Waals surface area contributed by atoms with Crippen molar-refractivity contribution in [3.05, 3.63) is 29.1 Å². The second-order valence-electron chi connectivity index (χ2n) is 4.09. The maximum atomic E-state index is 9.36. The van der Waals surface area contributed by atoms with Crippen LogP contribution in [0.2, 0.25) is 0 Å². The number of phenols is 1. The fourth-order valence-electron chi connectivity index (χ4n) is 1.69. The van der Waals surface area contributed by atoms with Crippen LogP contribution in [0.3, 0.4) is 0 Å². The zero-order valence-electron chi connectivity index (χ0n) is 8.36. The highest BCUT2D eigenvalue weighted by Crippen LogP contribution is 2.29. The Morgan fingerprint density at radius 1 is 1.33 bits per heavy atom. The van der Waals surface area contributed by atoms with Gasteiger partial charge in [0.25, 0.3) is 0 Å². The number of fused-ring (bicyclic) bond motifs is 1. The maximum Gasteiger partial charge on any atom is 0.117 e. The molecule has 0 spiro atoms. The lowest BCUT2D eigenvalue weighted by Crippen LogP contribution is -2.14. The fourth-order valence-corrected chi connectivity index (χ4v) is 2.74. The topological polar surface area (TPSA) is 32.3 Å². The number of thiophene rings is 1. The van der Waals surface area contributed by atoms with E-state index in [4.69, 9.17) is 0 Å². The summed E-state index contributed by atoms with van der Waals surface area (Å²) in [4.78, 5) is 1.35. The van der Waals surface area contributed by atoms with E-state index >= 15 is 0 Å². The monoisotopic (exact) mass is 219 g/mol. The van der Waals surface area contributed by atoms with Crippen LogP contribution < -0.4 is 5.32 Å². The minimum absolute atomic E-state index is 0.353. The van der Waals surface area contributed by atoms with E-state index in [1.54, 1.807) is 17.4 Å². The number of hydrogen-bond acceptors (Lipinski definition) is 3. The number of hydrogen-bond donors (Lipinski definition) is 2. The summed E-state index contributed by atoms with van der Waals surface area (Å²) in [6.45, 7) is 0.963. The van der Waals surface area contributed by atoms with Crippen molar-refractivity contribution in [2.75, 3.05) is 0 Å². The Labute approximate surface area is 92.6 Å². The molecule has 1 aromatic carbocycles. The van der Waals surface area contributed by atoms with Gasteiger partial charge in [-0.25, -0.2) is 0 Å². The summed E-state index contributed by atoms with van der Waals surface area (Å²) in [5.41, 5.74) is 0. The molecular formula is C12H13NOS. The first kappa shape index (κ1) is 9.19. The van der Waals surface area contributed by atoms with Gasteiger partial charge < -0.3 is 10.4 Å². The molecule has 0 unspecified atom stereocenters. The maximum absolute atomic E-state index is 9.36. The van der Waals surface area contributed by atoms with E-state index in [0.717, 1.165) is 12.6 Å². The van der Waals surface area contributed by atoms with E-state index in [1.165, 1.54) is 27.8 Å². The van der Waals surface area contributed by atoms with E-state index in [1.807, 2.05) is 12.1 Å². The van der Waals surface area contributed by atoms with Gasteiger partial charge >= 0.3 is 0 Å². The van der Waals surface area contributed by atoms with Crippen molar-refractivity contribution < 1.29 is 5.11 Å². The quantitative estimate of drug-likeness (QED) is 0.832. The van der Waals surface area contributed by atoms with Crippen LogP contribution in [0.4, 0.5) is 0 Å². The Kier molecular flexibility index (Phi) is 2.15. The van der Waals surface area contributed by atoms with Crippen LogP contribution >= 0.6 is 11.3 Å². The summed E-state index contributed by atoms with van der Waals surface area (Å²) in [5, 5.41) is 14.1. The van der Waals surface area contributed by atoms with E-state index in [9.17, 15) is 5.11 Å². The van der Waals surface area contributed by atoms with Crippen molar-refractivity contribution in [1.82, 2.24) is 5.32 Å². The van der Waals surface area contributed by atoms with Crippen molar-refractivity contribution in [1.29, 1.82) is 0 Å². The normalized spacial score (nSPS) is 16.0. The number of rotatable bonds is 3. The third-order valence-electron chi connectivity index (χ3n) is 2.70. The first-order valence-electron chi connectivity index (χ1n) is 5.26. The van der Waals surface area contributed by atoms with Gasteiger partial charge in [-0.15, -0.1) is 11.3 Å². The van der Waals surface area contributed by atoms with E-state index < -0.39 is 0 Å². The Morgan fingerprint density at radius 2 is 2.20 bits per heavy atom. The molecule has 3 rings (SSSR count). The predicted octanol–water partition coefficient (Wildman–Crippen LogP) is 2.86. The van der Waals surface area contributed by atoms with Gasteiger partial charge in [-0.05, 0) is 42.5 Å². The molecule has 1 aliphatic rings. The van der Waals surface area contributed by atoms with Gasteiger partial charge in [-0.1, -0.05) is 0 Å². The smallest absolute Gasteiger partial charge is 0.117 e. The highest BCUT2D eigenvalue weighted by atomic mass is 32.1. The SMILES string of the molecule is Oc1ccc2cc(CNC3CC3)sc2c1. The van der Waals surface area contributed by atoms with Gasteiger partial charge in [0.1, 0.15) is 5.75 Å². The Morgan fingerprint density at radius 3 is 3.00 bits per heavy atom. The zero-order chi connectivity index (χ0) is 10.3. The summed E-state index contributed by atoms with van der Waals surface area (Å²) < 4.78 is 1.17. The summed E-state index contributed by atoms with van der Waals surface area (Å²) >= 11 is 1.76. The van der Waals surface area contributed by atoms with Gasteiger partial charge in [0.2, 0.25) is 0 Å². The lowest BCUT2D eigenvalue weighted by atomic mass is 10.2. The fraction of sp³-hybridized carbons (Fsp3) is 0.333. The second kappa shape index (κ2) is 3.51. The van der Waals surface area contributed by atoms with E-state index in [0.29, 0.717) is 5.75 Å². The molecule has 1 aromatic heterocycles. The number of benzene rings is 1. The van der Waals surface area contributed by atoms with Crippen molar-refractivity contribution in [3.63, 3.8) is 0 Å². The average molecular weight is 219 g/mol. The first-order chi connectivity index (χ1) is 7.31. The predicted molar refractivity (Wildman–Crippen MR) is 63.4 cm³/mol. The molecule has 0 atom stereocenters. The molecule has 2 N–H and O–H groups in total. The molecule has 0 radical (unpaired) electrons. The first-order valence-corrected chi connectivity index (χ1v) is 6.08. The van der Waals surface area contributed by atoms with Gasteiger partial charge in [0.15, 0.2) is 0 Å². The molecule has 3 heteroatoms. The van der Waals surface area contributed by atoms with E-state index in [-0.39, 0.29) is 0 Å². The minimum atomic E-state index is 0.353. The molecule has 78 valence electrons. The number of nitrogens with one attached hydrogen (secondary N) is 1. The van der Waals surface area contributed by atoms with Crippen molar-refractivity contribution in [2.45, 2.75) is 25.4 Å². The van der Waals surface area contributed by atoms with Crippen LogP contribution in [-0.2, 0) is 6.54 Å². The summed E-state index contributed by atoms with van der Waals surface area (Å²) in [6.07, 6.45) is 2.65. The number of phenolic OH excluding ortho intramolecular Hbond substituents is 1. The molecule has 1 heterocycles. The van der Waals surface area contributed by atoms with Crippen molar-refractivity contribution >= 4 is 21.4 Å². The molecule has 2 nitrogen and oxygen atoms in total. The van der Waals surface area contributed by atoms with Crippen molar-refractivity contribution in [2.24, 2.45) is 0 Å². The van der Waals surface area contributed by atoms with Gasteiger partial charge in [-0.2, -0.15) is 0 Å². The van der Waals surface area contributed by atoms with Crippen LogP contribution in [0.5, 0.6) is 5.75 Å². The molecule has 1 fully saturated rings. The van der Waals surface area contributed by atoms with Crippen molar-refractivity contribution in [3.8, 4) is 5.75 Å². The molecule has 0 aliphatic heterocycles. The molecule has 1 aliphatic carbocycles. The molecule has 0 amide bonds.